The maximum absolute atomic E-state index is 12.4. The highest BCUT2D eigenvalue weighted by atomic mass is 32.2. The summed E-state index contributed by atoms with van der Waals surface area (Å²) in [7, 11) is 3.99. The van der Waals surface area contributed by atoms with E-state index in [4.69, 9.17) is 4.74 Å². The fourth-order valence-corrected chi connectivity index (χ4v) is 3.07. The topological polar surface area (TPSA) is 41.6 Å². The molecule has 0 aliphatic carbocycles. The summed E-state index contributed by atoms with van der Waals surface area (Å²) < 4.78 is 5.75. The van der Waals surface area contributed by atoms with Gasteiger partial charge in [0.15, 0.2) is 0 Å². The van der Waals surface area contributed by atoms with Crippen molar-refractivity contribution in [2.75, 3.05) is 39.5 Å². The van der Waals surface area contributed by atoms with Crippen molar-refractivity contribution >= 4 is 17.7 Å². The van der Waals surface area contributed by atoms with Gasteiger partial charge in [-0.1, -0.05) is 30.3 Å². The first-order chi connectivity index (χ1) is 12.2. The summed E-state index contributed by atoms with van der Waals surface area (Å²) >= 11 is 1.80. The Morgan fingerprint density at radius 3 is 2.56 bits per heavy atom. The molecule has 0 atom stereocenters. The first kappa shape index (κ1) is 19.3. The van der Waals surface area contributed by atoms with Gasteiger partial charge in [-0.05, 0) is 50.5 Å². The average Bonchev–Trinajstić information content (AvgIpc) is 2.62. The first-order valence-corrected chi connectivity index (χ1v) is 9.48. The van der Waals surface area contributed by atoms with Gasteiger partial charge in [0.1, 0.15) is 12.4 Å². The summed E-state index contributed by atoms with van der Waals surface area (Å²) in [5.74, 6) is 1.54. The molecule has 5 heteroatoms. The first-order valence-electron chi connectivity index (χ1n) is 8.49. The molecule has 0 saturated carbocycles. The van der Waals surface area contributed by atoms with E-state index in [0.29, 0.717) is 24.5 Å². The van der Waals surface area contributed by atoms with Crippen LogP contribution in [-0.4, -0.2) is 50.4 Å². The molecule has 0 bridgehead atoms. The molecule has 0 fully saturated rings. The number of ether oxygens (including phenoxy) is 1. The van der Waals surface area contributed by atoms with Crippen LogP contribution in [0.1, 0.15) is 16.8 Å². The van der Waals surface area contributed by atoms with Crippen molar-refractivity contribution in [2.24, 2.45) is 0 Å². The molecule has 25 heavy (non-hydrogen) atoms. The van der Waals surface area contributed by atoms with Crippen LogP contribution < -0.4 is 10.1 Å². The van der Waals surface area contributed by atoms with Gasteiger partial charge in [0.05, 0.1) is 5.56 Å². The summed E-state index contributed by atoms with van der Waals surface area (Å²) in [6.45, 7) is 2.03. The number of carbonyl (C=O) groups excluding carboxylic acids is 1. The Kier molecular flexibility index (Phi) is 8.35. The number of nitrogens with zero attached hydrogens (tertiary/aromatic N) is 1. The standard InChI is InChI=1S/C20H26N2O2S/c1-22(2)14-15-24-19-12-7-6-11-18(19)20(23)21-13-8-16-25-17-9-4-3-5-10-17/h3-7,9-12H,8,13-16H2,1-2H3,(H,21,23). The quantitative estimate of drug-likeness (QED) is 0.521. The van der Waals surface area contributed by atoms with E-state index in [2.05, 4.69) is 17.4 Å². The van der Waals surface area contributed by atoms with Crippen molar-refractivity contribution in [3.05, 3.63) is 60.2 Å². The van der Waals surface area contributed by atoms with Crippen molar-refractivity contribution < 1.29 is 9.53 Å². The lowest BCUT2D eigenvalue weighted by molar-refractivity contribution is 0.0949. The minimum absolute atomic E-state index is 0.0786. The smallest absolute Gasteiger partial charge is 0.255 e. The fourth-order valence-electron chi connectivity index (χ4n) is 2.19. The molecule has 4 nitrogen and oxygen atoms in total. The third kappa shape index (κ3) is 7.20. The predicted octanol–water partition coefficient (Wildman–Crippen LogP) is 3.54. The fraction of sp³-hybridized carbons (Fsp3) is 0.350. The van der Waals surface area contributed by atoms with Gasteiger partial charge in [-0.2, -0.15) is 0 Å². The normalized spacial score (nSPS) is 10.7. The number of rotatable bonds is 10. The van der Waals surface area contributed by atoms with Crippen molar-refractivity contribution in [3.8, 4) is 5.75 Å². The molecule has 0 unspecified atom stereocenters. The van der Waals surface area contributed by atoms with E-state index < -0.39 is 0 Å². The van der Waals surface area contributed by atoms with Gasteiger partial charge in [-0.3, -0.25) is 4.79 Å². The molecule has 0 radical (unpaired) electrons. The monoisotopic (exact) mass is 358 g/mol. The molecule has 2 aromatic carbocycles. The van der Waals surface area contributed by atoms with E-state index in [1.807, 2.05) is 55.4 Å². The van der Waals surface area contributed by atoms with E-state index in [1.54, 1.807) is 17.8 Å². The molecule has 0 aromatic heterocycles. The zero-order chi connectivity index (χ0) is 17.9. The molecule has 1 N–H and O–H groups in total. The number of benzene rings is 2. The van der Waals surface area contributed by atoms with Crippen LogP contribution in [0, 0.1) is 0 Å². The van der Waals surface area contributed by atoms with E-state index in [1.165, 1.54) is 4.90 Å². The molecule has 0 aliphatic rings. The van der Waals surface area contributed by atoms with E-state index >= 15 is 0 Å². The van der Waals surface area contributed by atoms with Crippen molar-refractivity contribution in [3.63, 3.8) is 0 Å². The molecular formula is C20H26N2O2S. The summed E-state index contributed by atoms with van der Waals surface area (Å²) in [5, 5.41) is 2.98. The van der Waals surface area contributed by atoms with Gasteiger partial charge in [-0.15, -0.1) is 11.8 Å². The number of likely N-dealkylation sites (N-methyl/N-ethyl adjacent to an activating group) is 1. The van der Waals surface area contributed by atoms with Crippen LogP contribution in [0.4, 0.5) is 0 Å². The van der Waals surface area contributed by atoms with Crippen LogP contribution in [0.25, 0.3) is 0 Å². The molecule has 0 heterocycles. The Morgan fingerprint density at radius 1 is 1.08 bits per heavy atom. The lowest BCUT2D eigenvalue weighted by Crippen LogP contribution is -2.26. The molecule has 2 aromatic rings. The lowest BCUT2D eigenvalue weighted by atomic mass is 10.2. The van der Waals surface area contributed by atoms with Gasteiger partial charge in [-0.25, -0.2) is 0 Å². The number of nitrogens with one attached hydrogen (secondary N) is 1. The summed E-state index contributed by atoms with van der Waals surface area (Å²) in [5.41, 5.74) is 0.594. The van der Waals surface area contributed by atoms with Gasteiger partial charge in [0.2, 0.25) is 0 Å². The maximum atomic E-state index is 12.4. The molecule has 0 saturated heterocycles. The largest absolute Gasteiger partial charge is 0.491 e. The number of hydrogen-bond acceptors (Lipinski definition) is 4. The molecule has 134 valence electrons. The number of amides is 1. The summed E-state index contributed by atoms with van der Waals surface area (Å²) in [6, 6.07) is 17.7. The highest BCUT2D eigenvalue weighted by molar-refractivity contribution is 7.99. The second-order valence-corrected chi connectivity index (χ2v) is 7.09. The summed E-state index contributed by atoms with van der Waals surface area (Å²) in [6.07, 6.45) is 0.926. The van der Waals surface area contributed by atoms with Crippen LogP contribution in [0.2, 0.25) is 0 Å². The third-order valence-electron chi connectivity index (χ3n) is 3.55. The Morgan fingerprint density at radius 2 is 1.80 bits per heavy atom. The highest BCUT2D eigenvalue weighted by Crippen LogP contribution is 2.19. The van der Waals surface area contributed by atoms with Crippen molar-refractivity contribution in [1.29, 1.82) is 0 Å². The number of hydrogen-bond donors (Lipinski definition) is 1. The van der Waals surface area contributed by atoms with Crippen LogP contribution >= 0.6 is 11.8 Å². The van der Waals surface area contributed by atoms with E-state index in [9.17, 15) is 4.79 Å². The Labute approximate surface area is 154 Å². The second kappa shape index (κ2) is 10.8. The predicted molar refractivity (Wildman–Crippen MR) is 105 cm³/mol. The van der Waals surface area contributed by atoms with Gasteiger partial charge in [0, 0.05) is 18.0 Å². The lowest BCUT2D eigenvalue weighted by Gasteiger charge is -2.14. The second-order valence-electron chi connectivity index (χ2n) is 5.92. The highest BCUT2D eigenvalue weighted by Gasteiger charge is 2.11. The summed E-state index contributed by atoms with van der Waals surface area (Å²) in [4.78, 5) is 15.7. The Hall–Kier alpha value is -1.98. The maximum Gasteiger partial charge on any atom is 0.255 e. The molecular weight excluding hydrogens is 332 g/mol. The number of carbonyl (C=O) groups is 1. The Bertz CT molecular complexity index is 647. The molecule has 0 spiro atoms. The van der Waals surface area contributed by atoms with Crippen molar-refractivity contribution in [2.45, 2.75) is 11.3 Å². The molecule has 1 amide bonds. The van der Waals surface area contributed by atoms with Crippen LogP contribution in [0.5, 0.6) is 5.75 Å². The zero-order valence-electron chi connectivity index (χ0n) is 14.9. The van der Waals surface area contributed by atoms with Crippen LogP contribution in [0.15, 0.2) is 59.5 Å². The van der Waals surface area contributed by atoms with E-state index in [0.717, 1.165) is 18.7 Å². The zero-order valence-corrected chi connectivity index (χ0v) is 15.7. The third-order valence-corrected chi connectivity index (χ3v) is 4.64. The SMILES string of the molecule is CN(C)CCOc1ccccc1C(=O)NCCCSc1ccccc1. The minimum Gasteiger partial charge on any atom is -0.491 e. The minimum atomic E-state index is -0.0786. The Balaban J connectivity index is 1.74. The van der Waals surface area contributed by atoms with Gasteiger partial charge >= 0.3 is 0 Å². The van der Waals surface area contributed by atoms with Crippen LogP contribution in [-0.2, 0) is 0 Å². The van der Waals surface area contributed by atoms with Crippen molar-refractivity contribution in [1.82, 2.24) is 10.2 Å². The average molecular weight is 359 g/mol. The number of para-hydroxylation sites is 1. The van der Waals surface area contributed by atoms with Crippen LogP contribution in [0.3, 0.4) is 0 Å². The van der Waals surface area contributed by atoms with Gasteiger partial charge < -0.3 is 15.0 Å². The van der Waals surface area contributed by atoms with Gasteiger partial charge in [0.25, 0.3) is 5.91 Å². The molecule has 0 aliphatic heterocycles. The number of thioether (sulfide) groups is 1. The molecule has 2 rings (SSSR count). The van der Waals surface area contributed by atoms with E-state index in [-0.39, 0.29) is 5.91 Å².